The highest BCUT2D eigenvalue weighted by Crippen LogP contribution is 2.45. The molecule has 0 fully saturated rings. The van der Waals surface area contributed by atoms with E-state index in [4.69, 9.17) is 11.0 Å². The van der Waals surface area contributed by atoms with Crippen LogP contribution in [0.25, 0.3) is 10.4 Å². The van der Waals surface area contributed by atoms with Gasteiger partial charge in [-0.05, 0) is 50.4 Å². The van der Waals surface area contributed by atoms with E-state index in [0.29, 0.717) is 10.6 Å². The summed E-state index contributed by atoms with van der Waals surface area (Å²) in [6.45, 7) is 1.94. The Labute approximate surface area is 118 Å². The first kappa shape index (κ1) is 12.1. The molecule has 82 valence electrons. The summed E-state index contributed by atoms with van der Waals surface area (Å²) in [5, 5.41) is 8.94. The first-order valence-electron chi connectivity index (χ1n) is 4.28. The fourth-order valence-corrected chi connectivity index (χ4v) is 5.42. The van der Waals surface area contributed by atoms with Crippen LogP contribution in [0.1, 0.15) is 10.4 Å². The molecule has 16 heavy (non-hydrogen) atoms. The van der Waals surface area contributed by atoms with Gasteiger partial charge >= 0.3 is 0 Å². The Morgan fingerprint density at radius 3 is 2.50 bits per heavy atom. The zero-order valence-electron chi connectivity index (χ0n) is 8.17. The standard InChI is InChI=1S/C10H6Br2N2S2/c1-4-8(14)6(3-13)15-9(4)5-2-7(11)16-10(5)12/h2H,14H2,1H3. The van der Waals surface area contributed by atoms with Gasteiger partial charge in [-0.2, -0.15) is 5.26 Å². The maximum Gasteiger partial charge on any atom is 0.128 e. The van der Waals surface area contributed by atoms with Gasteiger partial charge in [0, 0.05) is 10.4 Å². The molecule has 0 aliphatic carbocycles. The third-order valence-electron chi connectivity index (χ3n) is 2.20. The van der Waals surface area contributed by atoms with Crippen LogP contribution in [-0.2, 0) is 0 Å². The molecule has 0 aliphatic heterocycles. The second-order valence-electron chi connectivity index (χ2n) is 3.15. The third-order valence-corrected chi connectivity index (χ3v) is 5.78. The lowest BCUT2D eigenvalue weighted by molar-refractivity contribution is 1.50. The molecular formula is C10H6Br2N2S2. The van der Waals surface area contributed by atoms with E-state index in [1.54, 1.807) is 11.3 Å². The minimum atomic E-state index is 0.585. The Balaban J connectivity index is 2.66. The van der Waals surface area contributed by atoms with Gasteiger partial charge in [0.25, 0.3) is 0 Å². The number of nitrogen functional groups attached to an aromatic ring is 1. The Hall–Kier alpha value is -0.350. The molecule has 6 heteroatoms. The van der Waals surface area contributed by atoms with E-state index in [2.05, 4.69) is 37.9 Å². The zero-order valence-corrected chi connectivity index (χ0v) is 13.0. The molecule has 2 N–H and O–H groups in total. The molecule has 0 spiro atoms. The van der Waals surface area contributed by atoms with E-state index in [1.807, 2.05) is 13.0 Å². The van der Waals surface area contributed by atoms with Crippen LogP contribution in [0.2, 0.25) is 0 Å². The zero-order chi connectivity index (χ0) is 11.9. The third kappa shape index (κ3) is 1.93. The van der Waals surface area contributed by atoms with Crippen molar-refractivity contribution in [2.75, 3.05) is 5.73 Å². The van der Waals surface area contributed by atoms with Crippen LogP contribution >= 0.6 is 54.5 Å². The van der Waals surface area contributed by atoms with Crippen molar-refractivity contribution >= 4 is 60.2 Å². The fraction of sp³-hybridized carbons (Fsp3) is 0.100. The molecule has 0 aromatic carbocycles. The van der Waals surface area contributed by atoms with E-state index in [1.165, 1.54) is 11.3 Å². The van der Waals surface area contributed by atoms with Gasteiger partial charge in [0.1, 0.15) is 10.9 Å². The van der Waals surface area contributed by atoms with Gasteiger partial charge in [0.15, 0.2) is 0 Å². The number of nitrogens with zero attached hydrogens (tertiary/aromatic N) is 1. The highest BCUT2D eigenvalue weighted by atomic mass is 79.9. The first-order chi connectivity index (χ1) is 7.54. The van der Waals surface area contributed by atoms with E-state index in [9.17, 15) is 0 Å². The van der Waals surface area contributed by atoms with Crippen molar-refractivity contribution in [1.82, 2.24) is 0 Å². The first-order valence-corrected chi connectivity index (χ1v) is 7.50. The molecule has 0 bridgehead atoms. The average Bonchev–Trinajstić information content (AvgIpc) is 2.70. The second kappa shape index (κ2) is 4.49. The van der Waals surface area contributed by atoms with Crippen molar-refractivity contribution in [1.29, 1.82) is 5.26 Å². The van der Waals surface area contributed by atoms with E-state index < -0.39 is 0 Å². The van der Waals surface area contributed by atoms with Crippen LogP contribution in [0.15, 0.2) is 13.6 Å². The van der Waals surface area contributed by atoms with Crippen molar-refractivity contribution in [2.24, 2.45) is 0 Å². The summed E-state index contributed by atoms with van der Waals surface area (Å²) >= 11 is 10.0. The predicted molar refractivity (Wildman–Crippen MR) is 76.9 cm³/mol. The van der Waals surface area contributed by atoms with Crippen molar-refractivity contribution in [3.63, 3.8) is 0 Å². The molecule has 2 aromatic rings. The summed E-state index contributed by atoms with van der Waals surface area (Å²) < 4.78 is 2.10. The predicted octanol–water partition coefficient (Wildman–Crippen LogP) is 4.76. The summed E-state index contributed by atoms with van der Waals surface area (Å²) in [5.74, 6) is 0. The van der Waals surface area contributed by atoms with E-state index >= 15 is 0 Å². The fourth-order valence-electron chi connectivity index (χ4n) is 1.36. The van der Waals surface area contributed by atoms with Crippen LogP contribution in [-0.4, -0.2) is 0 Å². The largest absolute Gasteiger partial charge is 0.397 e. The molecular weight excluding hydrogens is 372 g/mol. The molecule has 2 nitrogen and oxygen atoms in total. The molecule has 2 aromatic heterocycles. The summed E-state index contributed by atoms with van der Waals surface area (Å²) in [6.07, 6.45) is 0. The van der Waals surface area contributed by atoms with Crippen molar-refractivity contribution in [2.45, 2.75) is 6.92 Å². The summed E-state index contributed by atoms with van der Waals surface area (Å²) in [7, 11) is 0. The molecule has 2 heterocycles. The lowest BCUT2D eigenvalue weighted by Crippen LogP contribution is -1.87. The van der Waals surface area contributed by atoms with Crippen molar-refractivity contribution in [3.8, 4) is 16.5 Å². The summed E-state index contributed by atoms with van der Waals surface area (Å²) in [4.78, 5) is 1.64. The number of anilines is 1. The Morgan fingerprint density at radius 1 is 1.38 bits per heavy atom. The number of rotatable bonds is 1. The molecule has 2 rings (SSSR count). The van der Waals surface area contributed by atoms with Crippen molar-refractivity contribution in [3.05, 3.63) is 24.1 Å². The van der Waals surface area contributed by atoms with Crippen LogP contribution in [0.3, 0.4) is 0 Å². The van der Waals surface area contributed by atoms with Gasteiger partial charge in [-0.25, -0.2) is 0 Å². The maximum absolute atomic E-state index is 8.94. The van der Waals surface area contributed by atoms with Crippen LogP contribution in [0.5, 0.6) is 0 Å². The van der Waals surface area contributed by atoms with Crippen molar-refractivity contribution < 1.29 is 0 Å². The number of hydrogen-bond acceptors (Lipinski definition) is 4. The number of halogens is 2. The van der Waals surface area contributed by atoms with Gasteiger partial charge < -0.3 is 5.73 Å². The minimum absolute atomic E-state index is 0.585. The SMILES string of the molecule is Cc1c(-c2cc(Br)sc2Br)sc(C#N)c1N. The monoisotopic (exact) mass is 376 g/mol. The summed E-state index contributed by atoms with van der Waals surface area (Å²) in [5.41, 5.74) is 8.54. The Bertz CT molecular complexity index is 593. The molecule has 0 saturated carbocycles. The maximum atomic E-state index is 8.94. The van der Waals surface area contributed by atoms with Crippen LogP contribution in [0.4, 0.5) is 5.69 Å². The second-order valence-corrected chi connectivity index (χ2v) is 7.92. The highest BCUT2D eigenvalue weighted by molar-refractivity contribution is 9.12. The number of thiophene rings is 2. The topological polar surface area (TPSA) is 49.8 Å². The van der Waals surface area contributed by atoms with Gasteiger partial charge in [-0.1, -0.05) is 0 Å². The summed E-state index contributed by atoms with van der Waals surface area (Å²) in [6, 6.07) is 4.16. The number of nitrogens with two attached hydrogens (primary N) is 1. The molecule has 0 amide bonds. The van der Waals surface area contributed by atoms with Gasteiger partial charge in [-0.15, -0.1) is 22.7 Å². The van der Waals surface area contributed by atoms with Crippen LogP contribution in [0, 0.1) is 18.3 Å². The number of nitriles is 1. The van der Waals surface area contributed by atoms with Gasteiger partial charge in [-0.3, -0.25) is 0 Å². The Morgan fingerprint density at radius 2 is 2.06 bits per heavy atom. The average molecular weight is 378 g/mol. The molecule has 0 aliphatic rings. The quantitative estimate of drug-likeness (QED) is 0.778. The Kier molecular flexibility index (Phi) is 3.40. The minimum Gasteiger partial charge on any atom is -0.397 e. The highest BCUT2D eigenvalue weighted by Gasteiger charge is 2.17. The van der Waals surface area contributed by atoms with Crippen LogP contribution < -0.4 is 5.73 Å². The van der Waals surface area contributed by atoms with Gasteiger partial charge in [0.2, 0.25) is 0 Å². The molecule has 0 unspecified atom stereocenters. The molecule has 0 radical (unpaired) electrons. The van der Waals surface area contributed by atoms with E-state index in [-0.39, 0.29) is 0 Å². The van der Waals surface area contributed by atoms with E-state index in [0.717, 1.165) is 23.6 Å². The molecule has 0 atom stereocenters. The smallest absolute Gasteiger partial charge is 0.128 e. The van der Waals surface area contributed by atoms with Gasteiger partial charge in [0.05, 0.1) is 13.3 Å². The number of hydrogen-bond donors (Lipinski definition) is 1. The lowest BCUT2D eigenvalue weighted by atomic mass is 10.1. The normalized spacial score (nSPS) is 10.4. The lowest BCUT2D eigenvalue weighted by Gasteiger charge is -1.96. The molecule has 0 saturated heterocycles.